The molecule has 0 saturated carbocycles. The van der Waals surface area contributed by atoms with E-state index < -0.39 is 0 Å². The molecular formula is C106H66N6. The zero-order valence-electron chi connectivity index (χ0n) is 60.8. The molecule has 0 aliphatic rings. The van der Waals surface area contributed by atoms with Crippen LogP contribution < -0.4 is 0 Å². The van der Waals surface area contributed by atoms with Crippen LogP contribution in [-0.4, -0.2) is 29.1 Å². The van der Waals surface area contributed by atoms with Crippen LogP contribution in [-0.2, 0) is 0 Å². The largest absolute Gasteiger partial charge is 0.309 e. The quantitative estimate of drug-likeness (QED) is 0.144. The van der Waals surface area contributed by atoms with Crippen molar-refractivity contribution in [3.05, 3.63) is 400 Å². The summed E-state index contributed by atoms with van der Waals surface area (Å²) in [5.74, 6) is 1.42. The molecule has 4 aromatic heterocycles. The summed E-state index contributed by atoms with van der Waals surface area (Å²) in [6.07, 6.45) is 0. The lowest BCUT2D eigenvalue weighted by atomic mass is 9.97. The Kier molecular flexibility index (Phi) is 15.2. The molecule has 0 unspecified atom stereocenters. The number of hydrogen-bond donors (Lipinski definition) is 0. The van der Waals surface area contributed by atoms with Crippen LogP contribution in [0.3, 0.4) is 0 Å². The van der Waals surface area contributed by atoms with Crippen molar-refractivity contribution in [3.8, 4) is 90.0 Å². The number of para-hydroxylation sites is 2. The smallest absolute Gasteiger partial charge is 0.161 e. The van der Waals surface area contributed by atoms with Gasteiger partial charge in [0.05, 0.1) is 55.9 Å². The minimum Gasteiger partial charge on any atom is -0.309 e. The van der Waals surface area contributed by atoms with E-state index in [1.807, 2.05) is 0 Å². The van der Waals surface area contributed by atoms with E-state index in [1.165, 1.54) is 103 Å². The van der Waals surface area contributed by atoms with E-state index in [1.54, 1.807) is 0 Å². The minimum absolute atomic E-state index is 0.707. The molecule has 23 rings (SSSR count). The second-order valence-electron chi connectivity index (χ2n) is 29.0. The monoisotopic (exact) mass is 1420 g/mol. The molecule has 0 aliphatic heterocycles. The van der Waals surface area contributed by atoms with Gasteiger partial charge in [0.15, 0.2) is 11.6 Å². The second-order valence-corrected chi connectivity index (χ2v) is 29.0. The van der Waals surface area contributed by atoms with E-state index in [2.05, 4.69) is 410 Å². The first-order valence-corrected chi connectivity index (χ1v) is 38.2. The molecule has 0 N–H and O–H groups in total. The van der Waals surface area contributed by atoms with Gasteiger partial charge in [-0.3, -0.25) is 0 Å². The van der Waals surface area contributed by atoms with E-state index in [4.69, 9.17) is 19.9 Å². The summed E-state index contributed by atoms with van der Waals surface area (Å²) < 4.78 is 4.91. The van der Waals surface area contributed by atoms with Crippen molar-refractivity contribution in [2.45, 2.75) is 0 Å². The van der Waals surface area contributed by atoms with Gasteiger partial charge in [-0.25, -0.2) is 19.9 Å². The van der Waals surface area contributed by atoms with E-state index in [0.717, 1.165) is 105 Å². The number of benzene rings is 19. The lowest BCUT2D eigenvalue weighted by Crippen LogP contribution is -1.98. The number of aromatic nitrogens is 6. The van der Waals surface area contributed by atoms with E-state index in [0.29, 0.717) is 11.6 Å². The molecule has 4 heterocycles. The van der Waals surface area contributed by atoms with Crippen LogP contribution >= 0.6 is 0 Å². The van der Waals surface area contributed by atoms with Gasteiger partial charge in [-0.2, -0.15) is 0 Å². The van der Waals surface area contributed by atoms with Gasteiger partial charge in [-0.05, 0) is 148 Å². The van der Waals surface area contributed by atoms with Crippen LogP contribution in [0.15, 0.2) is 400 Å². The molecule has 23 aromatic rings. The van der Waals surface area contributed by atoms with E-state index in [-0.39, 0.29) is 0 Å². The van der Waals surface area contributed by atoms with Crippen LogP contribution in [0.25, 0.3) is 220 Å². The Labute approximate surface area is 645 Å². The Morgan fingerprint density at radius 1 is 0.170 bits per heavy atom. The van der Waals surface area contributed by atoms with Crippen LogP contribution in [0.2, 0.25) is 0 Å². The molecule has 0 aliphatic carbocycles. The molecule has 6 heteroatoms. The highest BCUT2D eigenvalue weighted by molar-refractivity contribution is 6.30. The van der Waals surface area contributed by atoms with Gasteiger partial charge in [0.25, 0.3) is 0 Å². The average molecular weight is 1420 g/mol. The van der Waals surface area contributed by atoms with Crippen molar-refractivity contribution < 1.29 is 0 Å². The van der Waals surface area contributed by atoms with Crippen LogP contribution in [0.5, 0.6) is 0 Å². The number of rotatable bonds is 9. The van der Waals surface area contributed by atoms with Gasteiger partial charge in [0.1, 0.15) is 0 Å². The summed E-state index contributed by atoms with van der Waals surface area (Å²) >= 11 is 0. The molecule has 0 amide bonds. The molecule has 19 aromatic carbocycles. The third-order valence-electron chi connectivity index (χ3n) is 22.8. The molecule has 0 spiro atoms. The zero-order valence-corrected chi connectivity index (χ0v) is 60.8. The Balaban J connectivity index is 0.000000138. The maximum absolute atomic E-state index is 5.42. The van der Waals surface area contributed by atoms with Gasteiger partial charge in [-0.15, -0.1) is 0 Å². The predicted molar refractivity (Wildman–Crippen MR) is 471 cm³/mol. The van der Waals surface area contributed by atoms with Gasteiger partial charge in [-0.1, -0.05) is 340 Å². The number of fused-ring (bicyclic) bond motifs is 18. The first-order chi connectivity index (χ1) is 55.6. The highest BCUT2D eigenvalue weighted by Gasteiger charge is 2.24. The summed E-state index contributed by atoms with van der Waals surface area (Å²) in [5, 5.41) is 21.7. The first-order valence-electron chi connectivity index (χ1n) is 38.2. The van der Waals surface area contributed by atoms with Crippen molar-refractivity contribution in [2.75, 3.05) is 0 Å². The highest BCUT2D eigenvalue weighted by atomic mass is 15.0. The van der Waals surface area contributed by atoms with Crippen molar-refractivity contribution in [3.63, 3.8) is 0 Å². The van der Waals surface area contributed by atoms with Gasteiger partial charge in [0, 0.05) is 65.3 Å². The van der Waals surface area contributed by atoms with E-state index >= 15 is 0 Å². The lowest BCUT2D eigenvalue weighted by Gasteiger charge is -2.15. The predicted octanol–water partition coefficient (Wildman–Crippen LogP) is 28.0. The fraction of sp³-hybridized carbons (Fsp3) is 0. The Hall–Kier alpha value is -15.0. The topological polar surface area (TPSA) is 61.4 Å². The van der Waals surface area contributed by atoms with Crippen LogP contribution in [0.4, 0.5) is 0 Å². The summed E-state index contributed by atoms with van der Waals surface area (Å²) in [5.41, 5.74) is 21.9. The molecule has 0 saturated heterocycles. The second kappa shape index (κ2) is 26.5. The van der Waals surface area contributed by atoms with Crippen LogP contribution in [0.1, 0.15) is 0 Å². The summed E-state index contributed by atoms with van der Waals surface area (Å²) in [6.45, 7) is 0. The molecule has 0 fully saturated rings. The normalized spacial score (nSPS) is 11.8. The molecule has 0 radical (unpaired) electrons. The molecule has 0 atom stereocenters. The fourth-order valence-electron chi connectivity index (χ4n) is 17.6. The van der Waals surface area contributed by atoms with Gasteiger partial charge >= 0.3 is 0 Å². The Morgan fingerprint density at radius 2 is 0.446 bits per heavy atom. The van der Waals surface area contributed by atoms with Crippen LogP contribution in [0, 0.1) is 0 Å². The SMILES string of the molecule is c1ccc(-c2ccc(-c3cccc(-c4nc(-c5cccc6c(-n7c8ccc9ccccc9c8c8c9ccccc9ccc87)cccc56)nc5ccccc45)c3)cc2)cc1.c1ccc(-c2cccc(-c3nc(-c4cccc5c(-n6c7ccc8ccccc8c7c7c8ccccc8ccc76)cccc45)nc4ccccc34)c2)cc1. The molecule has 112 heavy (non-hydrogen) atoms. The molecule has 0 bridgehead atoms. The fourth-order valence-corrected chi connectivity index (χ4v) is 17.6. The average Bonchev–Trinajstić information content (AvgIpc) is 1.56. The Bertz CT molecular complexity index is 7560. The standard InChI is InChI=1S/C56H35N3.C50H31N3/c1-2-13-36(14-3-1)37-27-29-38(30-28-37)41-17-10-18-42(35-41)55-48-21-8-9-25-49(48)57-56(58-55)47-24-11-23-46-45(47)22-12-26-50(46)59-51-33-31-39-15-4-6-19-43(39)53(51)54-44-20-7-5-16-40(44)32-34-52(54)59;1-2-13-32(14-3-1)35-17-10-18-36(31-35)49-42-21-8-9-25-43(42)51-50(52-49)41-24-11-23-40-39(41)22-12-26-44(40)53-45-29-27-33-15-4-6-19-37(33)47(45)48-38-20-7-5-16-34(38)28-30-46(48)53/h1-35H;1-31H. The van der Waals surface area contributed by atoms with Crippen molar-refractivity contribution in [1.82, 2.24) is 29.1 Å². The Morgan fingerprint density at radius 3 is 0.839 bits per heavy atom. The summed E-state index contributed by atoms with van der Waals surface area (Å²) in [4.78, 5) is 21.2. The van der Waals surface area contributed by atoms with Gasteiger partial charge < -0.3 is 9.13 Å². The number of hydrogen-bond acceptors (Lipinski definition) is 4. The summed E-state index contributed by atoms with van der Waals surface area (Å²) in [6, 6.07) is 143. The maximum Gasteiger partial charge on any atom is 0.161 e. The number of nitrogens with zero attached hydrogens (tertiary/aromatic N) is 6. The third-order valence-corrected chi connectivity index (χ3v) is 22.8. The molecule has 520 valence electrons. The lowest BCUT2D eigenvalue weighted by molar-refractivity contribution is 1.20. The maximum atomic E-state index is 5.42. The highest BCUT2D eigenvalue weighted by Crippen LogP contribution is 2.46. The van der Waals surface area contributed by atoms with Crippen molar-refractivity contribution in [2.24, 2.45) is 0 Å². The van der Waals surface area contributed by atoms with Crippen molar-refractivity contribution >= 4 is 130 Å². The zero-order chi connectivity index (χ0) is 73.7. The molecular weight excluding hydrogens is 1360 g/mol. The first kappa shape index (κ1) is 64.2. The molecule has 6 nitrogen and oxygen atoms in total. The van der Waals surface area contributed by atoms with Gasteiger partial charge in [0.2, 0.25) is 0 Å². The van der Waals surface area contributed by atoms with Crippen molar-refractivity contribution in [1.29, 1.82) is 0 Å². The summed E-state index contributed by atoms with van der Waals surface area (Å²) in [7, 11) is 0. The minimum atomic E-state index is 0.707. The van der Waals surface area contributed by atoms with E-state index in [9.17, 15) is 0 Å². The third kappa shape index (κ3) is 10.6.